The van der Waals surface area contributed by atoms with Gasteiger partial charge in [-0.3, -0.25) is 14.4 Å². The van der Waals surface area contributed by atoms with Crippen molar-refractivity contribution >= 4 is 17.7 Å². The molecule has 0 heterocycles. The second kappa shape index (κ2) is 9.52. The average molecular weight is 369 g/mol. The number of ether oxygens (including phenoxy) is 2. The number of esters is 1. The summed E-state index contributed by atoms with van der Waals surface area (Å²) in [6, 6.07) is 14.2. The third kappa shape index (κ3) is 5.95. The van der Waals surface area contributed by atoms with E-state index in [9.17, 15) is 14.4 Å². The SMILES string of the molecule is COc1ccc(C(C)=O)cc1CC(=O)OCC(=O)N[C@@H](C)c1ccccc1. The Kier molecular flexibility index (Phi) is 7.11. The largest absolute Gasteiger partial charge is 0.496 e. The zero-order valence-corrected chi connectivity index (χ0v) is 15.7. The van der Waals surface area contributed by atoms with Gasteiger partial charge in [0.25, 0.3) is 5.91 Å². The van der Waals surface area contributed by atoms with Crippen molar-refractivity contribution in [3.8, 4) is 5.75 Å². The molecule has 6 heteroatoms. The van der Waals surface area contributed by atoms with Crippen molar-refractivity contribution < 1.29 is 23.9 Å². The summed E-state index contributed by atoms with van der Waals surface area (Å²) < 4.78 is 10.3. The minimum absolute atomic E-state index is 0.0915. The van der Waals surface area contributed by atoms with Gasteiger partial charge in [0.2, 0.25) is 0 Å². The summed E-state index contributed by atoms with van der Waals surface area (Å²) in [5, 5.41) is 2.78. The highest BCUT2D eigenvalue weighted by molar-refractivity contribution is 5.94. The molecule has 0 aromatic heterocycles. The molecule has 0 radical (unpaired) electrons. The molecule has 1 amide bonds. The molecular weight excluding hydrogens is 346 g/mol. The number of hydrogen-bond donors (Lipinski definition) is 1. The van der Waals surface area contributed by atoms with Crippen LogP contribution in [0.5, 0.6) is 5.75 Å². The van der Waals surface area contributed by atoms with E-state index in [1.807, 2.05) is 37.3 Å². The van der Waals surface area contributed by atoms with Gasteiger partial charge in [0.1, 0.15) is 5.75 Å². The number of carbonyl (C=O) groups is 3. The summed E-state index contributed by atoms with van der Waals surface area (Å²) in [5.74, 6) is -0.582. The molecule has 2 aromatic carbocycles. The maximum atomic E-state index is 12.1. The number of ketones is 1. The van der Waals surface area contributed by atoms with Gasteiger partial charge in [-0.1, -0.05) is 30.3 Å². The lowest BCUT2D eigenvalue weighted by Crippen LogP contribution is -2.31. The Labute approximate surface area is 158 Å². The third-order valence-corrected chi connectivity index (χ3v) is 4.06. The zero-order chi connectivity index (χ0) is 19.8. The van der Waals surface area contributed by atoms with E-state index in [0.717, 1.165) is 5.56 Å². The smallest absolute Gasteiger partial charge is 0.310 e. The van der Waals surface area contributed by atoms with E-state index in [1.54, 1.807) is 18.2 Å². The lowest BCUT2D eigenvalue weighted by atomic mass is 10.0. The molecule has 0 saturated carbocycles. The van der Waals surface area contributed by atoms with E-state index >= 15 is 0 Å². The van der Waals surface area contributed by atoms with Crippen molar-refractivity contribution in [2.45, 2.75) is 26.3 Å². The van der Waals surface area contributed by atoms with E-state index in [-0.39, 0.29) is 30.8 Å². The highest BCUT2D eigenvalue weighted by Crippen LogP contribution is 2.21. The van der Waals surface area contributed by atoms with Gasteiger partial charge in [-0.15, -0.1) is 0 Å². The molecule has 0 aliphatic rings. The third-order valence-electron chi connectivity index (χ3n) is 4.06. The standard InChI is InChI=1S/C21H23NO5/c1-14(16-7-5-4-6-8-16)22-20(24)13-27-21(25)12-18-11-17(15(2)23)9-10-19(18)26-3/h4-11,14H,12-13H2,1-3H3,(H,22,24)/t14-/m0/s1. The normalized spacial score (nSPS) is 11.4. The van der Waals surface area contributed by atoms with Gasteiger partial charge < -0.3 is 14.8 Å². The number of methoxy groups -OCH3 is 1. The number of hydrogen-bond acceptors (Lipinski definition) is 5. The second-order valence-electron chi connectivity index (χ2n) is 6.12. The van der Waals surface area contributed by atoms with E-state index in [4.69, 9.17) is 9.47 Å². The zero-order valence-electron chi connectivity index (χ0n) is 15.7. The van der Waals surface area contributed by atoms with E-state index < -0.39 is 5.97 Å². The van der Waals surface area contributed by atoms with Crippen LogP contribution in [0.1, 0.15) is 41.4 Å². The van der Waals surface area contributed by atoms with Gasteiger partial charge in [-0.2, -0.15) is 0 Å². The maximum Gasteiger partial charge on any atom is 0.310 e. The van der Waals surface area contributed by atoms with Crippen molar-refractivity contribution in [2.24, 2.45) is 0 Å². The van der Waals surface area contributed by atoms with Crippen LogP contribution in [0.4, 0.5) is 0 Å². The van der Waals surface area contributed by atoms with Crippen molar-refractivity contribution in [3.63, 3.8) is 0 Å². The monoisotopic (exact) mass is 369 g/mol. The summed E-state index contributed by atoms with van der Waals surface area (Å²) in [6.07, 6.45) is -0.0915. The fourth-order valence-electron chi connectivity index (χ4n) is 2.60. The van der Waals surface area contributed by atoms with Crippen LogP contribution >= 0.6 is 0 Å². The molecule has 142 valence electrons. The van der Waals surface area contributed by atoms with Crippen LogP contribution in [0.15, 0.2) is 48.5 Å². The lowest BCUT2D eigenvalue weighted by molar-refractivity contribution is -0.148. The van der Waals surface area contributed by atoms with Gasteiger partial charge in [-0.25, -0.2) is 0 Å². The second-order valence-corrected chi connectivity index (χ2v) is 6.12. The number of amides is 1. The summed E-state index contributed by atoms with van der Waals surface area (Å²) in [7, 11) is 1.48. The first-order valence-electron chi connectivity index (χ1n) is 8.58. The Morgan fingerprint density at radius 2 is 1.78 bits per heavy atom. The van der Waals surface area contributed by atoms with Gasteiger partial charge in [0, 0.05) is 11.1 Å². The topological polar surface area (TPSA) is 81.7 Å². The summed E-state index contributed by atoms with van der Waals surface area (Å²) in [5.41, 5.74) is 1.98. The van der Waals surface area contributed by atoms with Crippen molar-refractivity contribution in [1.82, 2.24) is 5.32 Å². The number of rotatable bonds is 8. The quantitative estimate of drug-likeness (QED) is 0.572. The Morgan fingerprint density at radius 1 is 1.07 bits per heavy atom. The molecule has 0 unspecified atom stereocenters. The predicted molar refractivity (Wildman–Crippen MR) is 101 cm³/mol. The molecule has 0 aliphatic carbocycles. The summed E-state index contributed by atoms with van der Waals surface area (Å²) in [4.78, 5) is 35.6. The minimum atomic E-state index is -0.573. The average Bonchev–Trinajstić information content (AvgIpc) is 2.67. The van der Waals surface area contributed by atoms with Crippen LogP contribution in [0.3, 0.4) is 0 Å². The number of Topliss-reactive ketones (excluding diaryl/α,β-unsaturated/α-hetero) is 1. The molecule has 1 N–H and O–H groups in total. The van der Waals surface area contributed by atoms with Gasteiger partial charge in [0.05, 0.1) is 19.6 Å². The Hall–Kier alpha value is -3.15. The molecule has 0 fully saturated rings. The van der Waals surface area contributed by atoms with Crippen LogP contribution in [0, 0.1) is 0 Å². The van der Waals surface area contributed by atoms with Crippen molar-refractivity contribution in [1.29, 1.82) is 0 Å². The Morgan fingerprint density at radius 3 is 2.41 bits per heavy atom. The first-order valence-corrected chi connectivity index (χ1v) is 8.58. The molecule has 0 bridgehead atoms. The summed E-state index contributed by atoms with van der Waals surface area (Å²) >= 11 is 0. The molecule has 2 rings (SSSR count). The Bertz CT molecular complexity index is 817. The predicted octanol–water partition coefficient (Wildman–Crippen LogP) is 2.86. The van der Waals surface area contributed by atoms with Crippen molar-refractivity contribution in [3.05, 3.63) is 65.2 Å². The van der Waals surface area contributed by atoms with Crippen molar-refractivity contribution in [2.75, 3.05) is 13.7 Å². The highest BCUT2D eigenvalue weighted by atomic mass is 16.5. The minimum Gasteiger partial charge on any atom is -0.496 e. The maximum absolute atomic E-state index is 12.1. The molecule has 0 spiro atoms. The Balaban J connectivity index is 1.89. The van der Waals surface area contributed by atoms with E-state index in [0.29, 0.717) is 16.9 Å². The fraction of sp³-hybridized carbons (Fsp3) is 0.286. The number of benzene rings is 2. The van der Waals surface area contributed by atoms with Crippen LogP contribution < -0.4 is 10.1 Å². The van der Waals surface area contributed by atoms with Crippen LogP contribution in [0.2, 0.25) is 0 Å². The van der Waals surface area contributed by atoms with Crippen LogP contribution in [-0.2, 0) is 20.7 Å². The van der Waals surface area contributed by atoms with Crippen LogP contribution in [0.25, 0.3) is 0 Å². The highest BCUT2D eigenvalue weighted by Gasteiger charge is 2.15. The molecule has 1 atom stereocenters. The lowest BCUT2D eigenvalue weighted by Gasteiger charge is -2.14. The molecule has 6 nitrogen and oxygen atoms in total. The first kappa shape index (κ1) is 20.2. The van der Waals surface area contributed by atoms with Gasteiger partial charge >= 0.3 is 5.97 Å². The molecular formula is C21H23NO5. The number of carbonyl (C=O) groups excluding carboxylic acids is 3. The van der Waals surface area contributed by atoms with Crippen LogP contribution in [-0.4, -0.2) is 31.4 Å². The summed E-state index contributed by atoms with van der Waals surface area (Å²) in [6.45, 7) is 2.93. The van der Waals surface area contributed by atoms with Gasteiger partial charge in [-0.05, 0) is 37.6 Å². The molecule has 0 aliphatic heterocycles. The molecule has 0 saturated heterocycles. The van der Waals surface area contributed by atoms with E-state index in [2.05, 4.69) is 5.32 Å². The first-order chi connectivity index (χ1) is 12.9. The number of nitrogens with one attached hydrogen (secondary N) is 1. The molecule has 27 heavy (non-hydrogen) atoms. The van der Waals surface area contributed by atoms with E-state index in [1.165, 1.54) is 14.0 Å². The fourth-order valence-corrected chi connectivity index (χ4v) is 2.60. The molecule has 2 aromatic rings. The van der Waals surface area contributed by atoms with Gasteiger partial charge in [0.15, 0.2) is 12.4 Å².